The Morgan fingerprint density at radius 2 is 1.77 bits per heavy atom. The normalized spacial score (nSPS) is 28.0. The van der Waals surface area contributed by atoms with E-state index >= 15 is 0 Å². The summed E-state index contributed by atoms with van der Waals surface area (Å²) in [4.78, 5) is 4.56. The van der Waals surface area contributed by atoms with E-state index in [9.17, 15) is 12.8 Å². The van der Waals surface area contributed by atoms with Gasteiger partial charge >= 0.3 is 0 Å². The molecular weight excluding hydrogens is 413 g/mol. The minimum absolute atomic E-state index is 0.263. The van der Waals surface area contributed by atoms with Gasteiger partial charge in [-0.05, 0) is 79.0 Å². The van der Waals surface area contributed by atoms with Crippen LogP contribution in [0.5, 0.6) is 0 Å². The lowest BCUT2D eigenvalue weighted by molar-refractivity contribution is 0.295. The van der Waals surface area contributed by atoms with E-state index in [-0.39, 0.29) is 17.7 Å². The van der Waals surface area contributed by atoms with Crippen molar-refractivity contribution >= 4 is 10.0 Å². The molecule has 31 heavy (non-hydrogen) atoms. The molecule has 3 aliphatic rings. The quantitative estimate of drug-likeness (QED) is 0.662. The van der Waals surface area contributed by atoms with Crippen LogP contribution in [0.15, 0.2) is 66.5 Å². The van der Waals surface area contributed by atoms with Crippen LogP contribution in [-0.2, 0) is 22.9 Å². The lowest BCUT2D eigenvalue weighted by atomic mass is 9.80. The average molecular weight is 436 g/mol. The number of halogens is 1. The Morgan fingerprint density at radius 3 is 2.48 bits per heavy atom. The van der Waals surface area contributed by atoms with Crippen molar-refractivity contribution in [2.24, 2.45) is 11.8 Å². The summed E-state index contributed by atoms with van der Waals surface area (Å²) in [5.74, 6) is 0.288. The second-order valence-electron chi connectivity index (χ2n) is 8.89. The molecule has 2 aromatic carbocycles. The fourth-order valence-corrected chi connectivity index (χ4v) is 7.01. The third-order valence-electron chi connectivity index (χ3n) is 7.20. The van der Waals surface area contributed by atoms with Crippen LogP contribution in [0, 0.1) is 17.7 Å². The second kappa shape index (κ2) is 6.61. The Bertz CT molecular complexity index is 1310. The first-order chi connectivity index (χ1) is 14.9. The van der Waals surface area contributed by atoms with Gasteiger partial charge in [-0.25, -0.2) is 22.5 Å². The lowest BCUT2D eigenvalue weighted by Crippen LogP contribution is -2.50. The van der Waals surface area contributed by atoms with E-state index < -0.39 is 15.6 Å². The first-order valence-electron chi connectivity index (χ1n) is 10.6. The van der Waals surface area contributed by atoms with Crippen LogP contribution in [-0.4, -0.2) is 23.5 Å². The second-order valence-corrected chi connectivity index (χ2v) is 10.5. The highest BCUT2D eigenvalue weighted by Gasteiger charge is 2.54. The summed E-state index contributed by atoms with van der Waals surface area (Å²) >= 11 is 0. The molecule has 1 aliphatic heterocycles. The van der Waals surface area contributed by atoms with Crippen molar-refractivity contribution in [2.75, 3.05) is 0 Å². The summed E-state index contributed by atoms with van der Waals surface area (Å²) in [5, 5.41) is 1.35. The molecule has 3 atom stereocenters. The molecule has 1 N–H and O–H groups in total. The van der Waals surface area contributed by atoms with Crippen LogP contribution in [0.4, 0.5) is 4.39 Å². The van der Waals surface area contributed by atoms with E-state index in [0.29, 0.717) is 0 Å². The molecule has 0 amide bonds. The Hall–Kier alpha value is -2.77. The number of nitrogens with one attached hydrogen (secondary N) is 1. The van der Waals surface area contributed by atoms with E-state index in [2.05, 4.69) is 27.9 Å². The van der Waals surface area contributed by atoms with E-state index in [4.69, 9.17) is 0 Å². The average Bonchev–Trinajstić information content (AvgIpc) is 3.40. The zero-order valence-electron chi connectivity index (χ0n) is 16.8. The summed E-state index contributed by atoms with van der Waals surface area (Å²) in [5.41, 5.74) is 4.89. The maximum absolute atomic E-state index is 13.2. The molecule has 5 nitrogen and oxygen atoms in total. The summed E-state index contributed by atoms with van der Waals surface area (Å²) in [7, 11) is -3.33. The number of sulfonamides is 1. The van der Waals surface area contributed by atoms with Crippen LogP contribution in [0.2, 0.25) is 0 Å². The highest BCUT2D eigenvalue weighted by molar-refractivity contribution is 7.92. The third-order valence-corrected chi connectivity index (χ3v) is 8.33. The minimum atomic E-state index is -3.33. The molecule has 1 unspecified atom stereocenters. The number of imidazole rings is 1. The van der Waals surface area contributed by atoms with Crippen LogP contribution >= 0.6 is 0 Å². The molecule has 2 aliphatic carbocycles. The molecule has 1 fully saturated rings. The number of aromatic nitrogens is 2. The smallest absolute Gasteiger partial charge is 0.234 e. The number of benzene rings is 2. The van der Waals surface area contributed by atoms with Crippen molar-refractivity contribution in [2.45, 2.75) is 31.2 Å². The Morgan fingerprint density at radius 1 is 1.03 bits per heavy atom. The maximum atomic E-state index is 13.2. The van der Waals surface area contributed by atoms with Crippen molar-refractivity contribution in [3.8, 4) is 16.9 Å². The Balaban J connectivity index is 1.33. The van der Waals surface area contributed by atoms with Crippen molar-refractivity contribution < 1.29 is 12.8 Å². The fourth-order valence-electron chi connectivity index (χ4n) is 5.64. The van der Waals surface area contributed by atoms with Crippen molar-refractivity contribution in [3.63, 3.8) is 0 Å². The number of fused-ring (bicyclic) bond motifs is 1. The number of hydrogen-bond acceptors (Lipinski definition) is 3. The van der Waals surface area contributed by atoms with Gasteiger partial charge in [0.15, 0.2) is 0 Å². The Kier molecular flexibility index (Phi) is 4.04. The zero-order chi connectivity index (χ0) is 21.2. The molecule has 1 aromatic heterocycles. The molecule has 1 spiro atoms. The molecule has 7 heteroatoms. The van der Waals surface area contributed by atoms with Gasteiger partial charge in [0, 0.05) is 22.9 Å². The van der Waals surface area contributed by atoms with Gasteiger partial charge in [-0.3, -0.25) is 0 Å². The Labute approximate surface area is 180 Å². The molecule has 0 saturated heterocycles. The summed E-state index contributed by atoms with van der Waals surface area (Å²) < 4.78 is 42.4. The van der Waals surface area contributed by atoms with Crippen LogP contribution in [0.3, 0.4) is 0 Å². The molecule has 6 rings (SSSR count). The van der Waals surface area contributed by atoms with Gasteiger partial charge in [-0.1, -0.05) is 18.2 Å². The summed E-state index contributed by atoms with van der Waals surface area (Å²) in [6.45, 7) is 0. The highest BCUT2D eigenvalue weighted by atomic mass is 32.2. The van der Waals surface area contributed by atoms with Gasteiger partial charge in [0.1, 0.15) is 5.82 Å². The number of nitrogens with zero attached hydrogens (tertiary/aromatic N) is 2. The summed E-state index contributed by atoms with van der Waals surface area (Å²) in [6, 6.07) is 12.8. The van der Waals surface area contributed by atoms with Crippen LogP contribution in [0.1, 0.15) is 24.0 Å². The predicted molar refractivity (Wildman–Crippen MR) is 117 cm³/mol. The molecule has 3 aromatic rings. The van der Waals surface area contributed by atoms with Gasteiger partial charge in [0.2, 0.25) is 10.0 Å². The highest BCUT2D eigenvalue weighted by Crippen LogP contribution is 2.50. The van der Waals surface area contributed by atoms with Gasteiger partial charge in [-0.15, -0.1) is 0 Å². The number of rotatable bonds is 2. The standard InChI is InChI=1S/C24H22FN3O2S/c25-21-5-7-22(8-6-21)28-14-23(26-15-28)17-2-1-16-12-19-3-4-20(13-18(16)11-17)24(19)9-10-31(29,30)27-24/h1-2,5-11,14-15,19-20,27H,3-4,12-13H2/t19-,20?,24-/m1/s1. The molecule has 2 bridgehead atoms. The van der Waals surface area contributed by atoms with Crippen LogP contribution in [0.25, 0.3) is 16.9 Å². The predicted octanol–water partition coefficient (Wildman–Crippen LogP) is 3.99. The number of hydrogen-bond donors (Lipinski definition) is 1. The first kappa shape index (κ1) is 19.0. The molecular formula is C24H22FN3O2S. The van der Waals surface area contributed by atoms with E-state index in [1.165, 1.54) is 28.7 Å². The van der Waals surface area contributed by atoms with E-state index in [1.54, 1.807) is 18.5 Å². The zero-order valence-corrected chi connectivity index (χ0v) is 17.6. The summed E-state index contributed by atoms with van der Waals surface area (Å²) in [6.07, 6.45) is 9.40. The maximum Gasteiger partial charge on any atom is 0.234 e. The molecule has 2 heterocycles. The monoisotopic (exact) mass is 435 g/mol. The molecule has 158 valence electrons. The molecule has 1 saturated carbocycles. The topological polar surface area (TPSA) is 64.0 Å². The van der Waals surface area contributed by atoms with E-state index in [0.717, 1.165) is 42.6 Å². The lowest BCUT2D eigenvalue weighted by Gasteiger charge is -2.33. The van der Waals surface area contributed by atoms with Gasteiger partial charge < -0.3 is 4.57 Å². The SMILES string of the molecule is O=S1(=O)C=C[C@]2(N1)C1CC[C@@H]2Cc2ccc(-c3cn(-c4ccc(F)cc4)cn3)cc2C1. The van der Waals surface area contributed by atoms with Crippen LogP contribution < -0.4 is 4.72 Å². The van der Waals surface area contributed by atoms with E-state index in [1.807, 2.05) is 16.8 Å². The minimum Gasteiger partial charge on any atom is -0.306 e. The van der Waals surface area contributed by atoms with Gasteiger partial charge in [-0.2, -0.15) is 0 Å². The van der Waals surface area contributed by atoms with Crippen molar-refractivity contribution in [3.05, 3.63) is 83.4 Å². The largest absolute Gasteiger partial charge is 0.306 e. The van der Waals surface area contributed by atoms with Crippen molar-refractivity contribution in [1.82, 2.24) is 14.3 Å². The first-order valence-corrected chi connectivity index (χ1v) is 12.1. The van der Waals surface area contributed by atoms with Crippen molar-refractivity contribution in [1.29, 1.82) is 0 Å². The molecule has 0 radical (unpaired) electrons. The van der Waals surface area contributed by atoms with Gasteiger partial charge in [0.25, 0.3) is 0 Å². The van der Waals surface area contributed by atoms with Gasteiger partial charge in [0.05, 0.1) is 17.6 Å². The fraction of sp³-hybridized carbons (Fsp3) is 0.292. The third kappa shape index (κ3) is 3.06.